The molecule has 0 spiro atoms. The molecule has 2 rings (SSSR count). The van der Waals surface area contributed by atoms with Gasteiger partial charge in [0, 0.05) is 17.2 Å². The molecule has 0 bridgehead atoms. The van der Waals surface area contributed by atoms with Gasteiger partial charge >= 0.3 is 5.97 Å². The Morgan fingerprint density at radius 2 is 1.83 bits per heavy atom. The number of hydrogen-bond donors (Lipinski definition) is 2. The Labute approximate surface area is 133 Å². The molecule has 1 fully saturated rings. The molecule has 0 heterocycles. The summed E-state index contributed by atoms with van der Waals surface area (Å²) in [5.74, 6) is -1.62. The van der Waals surface area contributed by atoms with E-state index in [-0.39, 0.29) is 16.8 Å². The molecule has 0 saturated heterocycles. The molecule has 0 radical (unpaired) electrons. The maximum absolute atomic E-state index is 12.5. The van der Waals surface area contributed by atoms with Gasteiger partial charge in [-0.3, -0.25) is 14.9 Å². The minimum atomic E-state index is -1.29. The van der Waals surface area contributed by atoms with Gasteiger partial charge in [-0.25, -0.2) is 4.79 Å². The van der Waals surface area contributed by atoms with Crippen molar-refractivity contribution in [2.75, 3.05) is 0 Å². The SMILES string of the molecule is Cc1c(C(=O)NC2(C(=O)O)CCCCCC2)cccc1[N+](=O)[O-]. The minimum Gasteiger partial charge on any atom is -0.480 e. The number of aliphatic carboxylic acids is 1. The molecule has 0 aromatic heterocycles. The number of carboxylic acids is 1. The fourth-order valence-electron chi connectivity index (χ4n) is 3.08. The molecule has 0 atom stereocenters. The van der Waals surface area contributed by atoms with E-state index in [9.17, 15) is 24.8 Å². The first-order valence-corrected chi connectivity index (χ1v) is 7.67. The quantitative estimate of drug-likeness (QED) is 0.503. The number of nitrogens with one attached hydrogen (secondary N) is 1. The Bertz CT molecular complexity index is 633. The molecule has 7 heteroatoms. The first kappa shape index (κ1) is 16.9. The van der Waals surface area contributed by atoms with Crippen molar-refractivity contribution in [2.45, 2.75) is 51.0 Å². The molecule has 124 valence electrons. The molecule has 2 N–H and O–H groups in total. The van der Waals surface area contributed by atoms with Gasteiger partial charge in [-0.1, -0.05) is 31.7 Å². The number of benzene rings is 1. The Morgan fingerprint density at radius 3 is 2.35 bits per heavy atom. The van der Waals surface area contributed by atoms with Crippen molar-refractivity contribution in [1.82, 2.24) is 5.32 Å². The van der Waals surface area contributed by atoms with E-state index >= 15 is 0 Å². The maximum atomic E-state index is 12.5. The van der Waals surface area contributed by atoms with Crippen molar-refractivity contribution in [3.05, 3.63) is 39.4 Å². The van der Waals surface area contributed by atoms with Crippen LogP contribution >= 0.6 is 0 Å². The molecule has 1 aliphatic carbocycles. The van der Waals surface area contributed by atoms with E-state index in [1.807, 2.05) is 0 Å². The predicted octanol–water partition coefficient (Wildman–Crippen LogP) is 2.81. The number of carbonyl (C=O) groups is 2. The molecule has 23 heavy (non-hydrogen) atoms. The normalized spacial score (nSPS) is 17.1. The second kappa shape index (κ2) is 6.76. The van der Waals surface area contributed by atoms with Gasteiger partial charge in [0.25, 0.3) is 11.6 Å². The van der Waals surface area contributed by atoms with Crippen LogP contribution in [0.5, 0.6) is 0 Å². The highest BCUT2D eigenvalue weighted by Crippen LogP contribution is 2.29. The second-order valence-corrected chi connectivity index (χ2v) is 5.96. The van der Waals surface area contributed by atoms with Crippen LogP contribution in [0, 0.1) is 17.0 Å². The summed E-state index contributed by atoms with van der Waals surface area (Å²) in [5, 5.41) is 23.2. The lowest BCUT2D eigenvalue weighted by Crippen LogP contribution is -2.54. The number of carboxylic acid groups (broad SMARTS) is 1. The number of amides is 1. The monoisotopic (exact) mass is 320 g/mol. The lowest BCUT2D eigenvalue weighted by Gasteiger charge is -2.29. The smallest absolute Gasteiger partial charge is 0.329 e. The number of nitrogens with zero attached hydrogens (tertiary/aromatic N) is 1. The third kappa shape index (κ3) is 3.49. The van der Waals surface area contributed by atoms with Crippen LogP contribution in [0.25, 0.3) is 0 Å². The highest BCUT2D eigenvalue weighted by Gasteiger charge is 2.40. The van der Waals surface area contributed by atoms with E-state index in [2.05, 4.69) is 5.32 Å². The van der Waals surface area contributed by atoms with E-state index in [1.54, 1.807) is 0 Å². The molecule has 7 nitrogen and oxygen atoms in total. The first-order valence-electron chi connectivity index (χ1n) is 7.67. The van der Waals surface area contributed by atoms with Gasteiger partial charge in [-0.05, 0) is 25.8 Å². The molecule has 1 saturated carbocycles. The summed E-state index contributed by atoms with van der Waals surface area (Å²) < 4.78 is 0. The van der Waals surface area contributed by atoms with Gasteiger partial charge in [0.1, 0.15) is 5.54 Å². The summed E-state index contributed by atoms with van der Waals surface area (Å²) in [6, 6.07) is 4.23. The summed E-state index contributed by atoms with van der Waals surface area (Å²) in [7, 11) is 0. The van der Waals surface area contributed by atoms with Gasteiger partial charge < -0.3 is 10.4 Å². The summed E-state index contributed by atoms with van der Waals surface area (Å²) in [5.41, 5.74) is -1.05. The van der Waals surface area contributed by atoms with Gasteiger partial charge in [0.2, 0.25) is 0 Å². The maximum Gasteiger partial charge on any atom is 0.329 e. The fraction of sp³-hybridized carbons (Fsp3) is 0.500. The van der Waals surface area contributed by atoms with E-state index in [4.69, 9.17) is 0 Å². The second-order valence-electron chi connectivity index (χ2n) is 5.96. The van der Waals surface area contributed by atoms with Gasteiger partial charge in [0.05, 0.1) is 4.92 Å². The number of nitro benzene ring substituents is 1. The van der Waals surface area contributed by atoms with E-state index < -0.39 is 22.3 Å². The molecule has 1 aromatic rings. The van der Waals surface area contributed by atoms with Crippen LogP contribution in [0.1, 0.15) is 54.4 Å². The van der Waals surface area contributed by atoms with Gasteiger partial charge in [0.15, 0.2) is 0 Å². The number of hydrogen-bond acceptors (Lipinski definition) is 4. The van der Waals surface area contributed by atoms with E-state index in [1.165, 1.54) is 25.1 Å². The van der Waals surface area contributed by atoms with Crippen LogP contribution in [-0.2, 0) is 4.79 Å². The zero-order chi connectivity index (χ0) is 17.0. The van der Waals surface area contributed by atoms with Crippen molar-refractivity contribution in [2.24, 2.45) is 0 Å². The Morgan fingerprint density at radius 1 is 1.22 bits per heavy atom. The predicted molar refractivity (Wildman–Crippen MR) is 83.4 cm³/mol. The van der Waals surface area contributed by atoms with E-state index in [0.717, 1.165) is 25.7 Å². The van der Waals surface area contributed by atoms with Crippen molar-refractivity contribution in [1.29, 1.82) is 0 Å². The standard InChI is InChI=1S/C16H20N2O5/c1-11-12(7-6-8-13(11)18(22)23)14(19)17-16(15(20)21)9-4-2-3-5-10-16/h6-8H,2-5,9-10H2,1H3,(H,17,19)(H,20,21). The molecule has 0 unspecified atom stereocenters. The van der Waals surface area contributed by atoms with Crippen LogP contribution in [0.4, 0.5) is 5.69 Å². The van der Waals surface area contributed by atoms with Crippen molar-refractivity contribution < 1.29 is 19.6 Å². The number of nitro groups is 1. The van der Waals surface area contributed by atoms with Crippen LogP contribution in [-0.4, -0.2) is 27.4 Å². The van der Waals surface area contributed by atoms with Crippen molar-refractivity contribution in [3.63, 3.8) is 0 Å². The Kier molecular flexibility index (Phi) is 4.98. The zero-order valence-electron chi connectivity index (χ0n) is 13.0. The summed E-state index contributed by atoms with van der Waals surface area (Å²) in [4.78, 5) is 34.7. The first-order chi connectivity index (χ1) is 10.9. The molecule has 1 aromatic carbocycles. The lowest BCUT2D eigenvalue weighted by atomic mass is 9.89. The Hall–Kier alpha value is -2.44. The molecule has 1 aliphatic rings. The minimum absolute atomic E-state index is 0.143. The highest BCUT2D eigenvalue weighted by molar-refractivity contribution is 5.99. The highest BCUT2D eigenvalue weighted by atomic mass is 16.6. The summed E-state index contributed by atoms with van der Waals surface area (Å²) in [6.45, 7) is 1.49. The van der Waals surface area contributed by atoms with Crippen molar-refractivity contribution >= 4 is 17.6 Å². The molecule has 0 aliphatic heterocycles. The topological polar surface area (TPSA) is 110 Å². The fourth-order valence-corrected chi connectivity index (χ4v) is 3.08. The third-order valence-electron chi connectivity index (χ3n) is 4.47. The van der Waals surface area contributed by atoms with Crippen LogP contribution in [0.3, 0.4) is 0 Å². The van der Waals surface area contributed by atoms with Gasteiger partial charge in [-0.15, -0.1) is 0 Å². The largest absolute Gasteiger partial charge is 0.480 e. The van der Waals surface area contributed by atoms with E-state index in [0.29, 0.717) is 12.8 Å². The number of rotatable bonds is 4. The molecular formula is C16H20N2O5. The summed E-state index contributed by atoms with van der Waals surface area (Å²) in [6.07, 6.45) is 4.12. The average Bonchev–Trinajstić information content (AvgIpc) is 2.73. The number of carbonyl (C=O) groups excluding carboxylic acids is 1. The lowest BCUT2D eigenvalue weighted by molar-refractivity contribution is -0.385. The third-order valence-corrected chi connectivity index (χ3v) is 4.47. The zero-order valence-corrected chi connectivity index (χ0v) is 13.0. The van der Waals surface area contributed by atoms with Crippen LogP contribution in [0.15, 0.2) is 18.2 Å². The molecule has 1 amide bonds. The average molecular weight is 320 g/mol. The molecular weight excluding hydrogens is 300 g/mol. The van der Waals surface area contributed by atoms with Crippen LogP contribution in [0.2, 0.25) is 0 Å². The van der Waals surface area contributed by atoms with Crippen molar-refractivity contribution in [3.8, 4) is 0 Å². The van der Waals surface area contributed by atoms with Gasteiger partial charge in [-0.2, -0.15) is 0 Å². The van der Waals surface area contributed by atoms with Crippen LogP contribution < -0.4 is 5.32 Å². The Balaban J connectivity index is 2.31. The summed E-state index contributed by atoms with van der Waals surface area (Å²) >= 11 is 0.